The number of hydroxylamine groups is 6. The molecule has 1 unspecified atom stereocenters. The highest BCUT2D eigenvalue weighted by Crippen LogP contribution is 2.26. The third kappa shape index (κ3) is 4.01. The maximum Gasteiger partial charge on any atom is 0.521 e. The Labute approximate surface area is 119 Å². The summed E-state index contributed by atoms with van der Waals surface area (Å²) in [6.45, 7) is 3.51. The van der Waals surface area contributed by atoms with Gasteiger partial charge in [0.05, 0.1) is 27.7 Å². The van der Waals surface area contributed by atoms with Gasteiger partial charge in [-0.05, 0) is 26.0 Å². The van der Waals surface area contributed by atoms with E-state index in [1.54, 1.807) is 52.2 Å². The number of hydrogen-bond donors (Lipinski definition) is 0. The minimum Gasteiger partial charge on any atom is -0.633 e. The first-order valence-corrected chi connectivity index (χ1v) is 6.51. The molecule has 112 valence electrons. The number of carbonyl (C=O) groups excluding carboxylic acids is 1. The van der Waals surface area contributed by atoms with Crippen molar-refractivity contribution in [3.63, 3.8) is 0 Å². The first-order valence-electron chi connectivity index (χ1n) is 6.51. The van der Waals surface area contributed by atoms with Crippen LogP contribution < -0.4 is 4.74 Å². The summed E-state index contributed by atoms with van der Waals surface area (Å²) in [7, 11) is 4.34. The molecule has 0 spiro atoms. The van der Waals surface area contributed by atoms with E-state index in [0.29, 0.717) is 0 Å². The monoisotopic (exact) mass is 282 g/mol. The first-order chi connectivity index (χ1) is 9.08. The van der Waals surface area contributed by atoms with Crippen LogP contribution in [0.3, 0.4) is 0 Å². The van der Waals surface area contributed by atoms with Crippen molar-refractivity contribution in [2.24, 2.45) is 0 Å². The lowest BCUT2D eigenvalue weighted by Gasteiger charge is -2.40. The fraction of sp³-hybridized carbons (Fsp3) is 0.500. The number of amides is 1. The lowest BCUT2D eigenvalue weighted by atomic mass is 10.1. The summed E-state index contributed by atoms with van der Waals surface area (Å²) in [6.07, 6.45) is -0.867. The van der Waals surface area contributed by atoms with Gasteiger partial charge in [0.1, 0.15) is 11.8 Å². The summed E-state index contributed by atoms with van der Waals surface area (Å²) < 4.78 is 3.51. The third-order valence-electron chi connectivity index (χ3n) is 3.47. The van der Waals surface area contributed by atoms with Crippen LogP contribution in [0.15, 0.2) is 24.3 Å². The first kappa shape index (κ1) is 16.6. The SMILES string of the molecule is CC[N+](C)([O-])C(=O)Oc1cccc([C@H](C)[N+](C)(C)[O-])c1. The van der Waals surface area contributed by atoms with Crippen LogP contribution in [0, 0.1) is 10.4 Å². The Morgan fingerprint density at radius 2 is 1.90 bits per heavy atom. The van der Waals surface area contributed by atoms with Gasteiger partial charge in [-0.3, -0.25) is 4.65 Å². The Balaban J connectivity index is 2.92. The Morgan fingerprint density at radius 3 is 2.40 bits per heavy atom. The lowest BCUT2D eigenvalue weighted by Crippen LogP contribution is -2.45. The molecule has 0 fully saturated rings. The second-order valence-electron chi connectivity index (χ2n) is 5.47. The van der Waals surface area contributed by atoms with E-state index in [2.05, 4.69) is 0 Å². The van der Waals surface area contributed by atoms with Gasteiger partial charge in [-0.2, -0.15) is 4.79 Å². The van der Waals surface area contributed by atoms with Gasteiger partial charge in [-0.1, -0.05) is 12.1 Å². The van der Waals surface area contributed by atoms with Crippen LogP contribution in [0.4, 0.5) is 4.79 Å². The molecule has 1 aromatic carbocycles. The molecular weight excluding hydrogens is 260 g/mol. The van der Waals surface area contributed by atoms with Crippen LogP contribution in [-0.2, 0) is 0 Å². The molecule has 2 atom stereocenters. The van der Waals surface area contributed by atoms with E-state index in [4.69, 9.17) is 4.74 Å². The van der Waals surface area contributed by atoms with E-state index >= 15 is 0 Å². The molecule has 1 aromatic rings. The summed E-state index contributed by atoms with van der Waals surface area (Å²) in [4.78, 5) is 11.7. The molecule has 20 heavy (non-hydrogen) atoms. The Kier molecular flexibility index (Phi) is 4.88. The van der Waals surface area contributed by atoms with Crippen LogP contribution in [0.25, 0.3) is 0 Å². The normalized spacial score (nSPS) is 16.4. The molecule has 0 aliphatic carbocycles. The molecule has 1 rings (SSSR count). The minimum atomic E-state index is -1.09. The molecule has 0 radical (unpaired) electrons. The van der Waals surface area contributed by atoms with E-state index in [0.717, 1.165) is 5.56 Å². The van der Waals surface area contributed by atoms with Crippen LogP contribution in [-0.4, -0.2) is 43.1 Å². The Morgan fingerprint density at radius 1 is 1.30 bits per heavy atom. The summed E-state index contributed by atoms with van der Waals surface area (Å²) in [5, 5.41) is 23.7. The molecular formula is C14H22N2O4. The van der Waals surface area contributed by atoms with Crippen LogP contribution in [0.1, 0.15) is 25.5 Å². The average Bonchev–Trinajstić information content (AvgIpc) is 2.37. The summed E-state index contributed by atoms with van der Waals surface area (Å²) in [5.41, 5.74) is 0.756. The fourth-order valence-electron chi connectivity index (χ4n) is 1.52. The van der Waals surface area contributed by atoms with E-state index in [1.165, 1.54) is 7.05 Å². The number of quaternary nitrogens is 2. The molecule has 0 aliphatic heterocycles. The minimum absolute atomic E-state index is 0.0966. The van der Waals surface area contributed by atoms with Crippen LogP contribution >= 0.6 is 0 Å². The van der Waals surface area contributed by atoms with Gasteiger partial charge in [0.25, 0.3) is 0 Å². The van der Waals surface area contributed by atoms with Crippen LogP contribution in [0.2, 0.25) is 0 Å². The van der Waals surface area contributed by atoms with Gasteiger partial charge in [0.15, 0.2) is 0 Å². The van der Waals surface area contributed by atoms with Crippen molar-refractivity contribution in [2.45, 2.75) is 19.9 Å². The molecule has 0 heterocycles. The van der Waals surface area contributed by atoms with Gasteiger partial charge in [0, 0.05) is 5.56 Å². The molecule has 1 amide bonds. The number of carbonyl (C=O) groups is 1. The van der Waals surface area contributed by atoms with E-state index in [-0.39, 0.29) is 18.3 Å². The second kappa shape index (κ2) is 5.88. The van der Waals surface area contributed by atoms with Crippen molar-refractivity contribution >= 4 is 6.09 Å². The van der Waals surface area contributed by atoms with Crippen molar-refractivity contribution in [1.82, 2.24) is 0 Å². The van der Waals surface area contributed by atoms with Gasteiger partial charge < -0.3 is 19.8 Å². The van der Waals surface area contributed by atoms with Gasteiger partial charge in [-0.25, -0.2) is 0 Å². The van der Waals surface area contributed by atoms with E-state index in [9.17, 15) is 15.2 Å². The van der Waals surface area contributed by atoms with Crippen molar-refractivity contribution in [1.29, 1.82) is 0 Å². The number of rotatable bonds is 4. The molecule has 0 N–H and O–H groups in total. The van der Waals surface area contributed by atoms with Crippen LogP contribution in [0.5, 0.6) is 5.75 Å². The van der Waals surface area contributed by atoms with Crippen molar-refractivity contribution in [3.8, 4) is 5.75 Å². The summed E-state index contributed by atoms with van der Waals surface area (Å²) in [6, 6.07) is 6.41. The number of benzene rings is 1. The van der Waals surface area contributed by atoms with Gasteiger partial charge in [0.2, 0.25) is 0 Å². The fourth-order valence-corrected chi connectivity index (χ4v) is 1.52. The highest BCUT2D eigenvalue weighted by Gasteiger charge is 2.24. The number of nitrogens with zero attached hydrogens (tertiary/aromatic N) is 2. The molecule has 6 heteroatoms. The molecule has 0 aromatic heterocycles. The Bertz CT molecular complexity index is 480. The standard InChI is InChI=1S/C14H22N2O4/c1-6-16(5,19)14(17)20-13-9-7-8-12(10-13)11(2)15(3,4)18/h7-11H,6H2,1-5H3/t11-,16?/m0/s1. The number of hydrogen-bond acceptors (Lipinski definition) is 4. The van der Waals surface area contributed by atoms with Crippen molar-refractivity contribution in [3.05, 3.63) is 40.2 Å². The zero-order valence-electron chi connectivity index (χ0n) is 12.6. The number of ether oxygens (including phenoxy) is 1. The molecule has 0 saturated carbocycles. The van der Waals surface area contributed by atoms with Gasteiger partial charge >= 0.3 is 6.09 Å². The smallest absolute Gasteiger partial charge is 0.521 e. The van der Waals surface area contributed by atoms with E-state index < -0.39 is 15.4 Å². The third-order valence-corrected chi connectivity index (χ3v) is 3.47. The molecule has 0 aliphatic rings. The lowest BCUT2D eigenvalue weighted by molar-refractivity contribution is -0.870. The summed E-state index contributed by atoms with van der Waals surface area (Å²) in [5.74, 6) is 0.279. The van der Waals surface area contributed by atoms with Crippen molar-refractivity contribution in [2.75, 3.05) is 27.7 Å². The Hall–Kier alpha value is -1.47. The molecule has 6 nitrogen and oxygen atoms in total. The quantitative estimate of drug-likeness (QED) is 0.628. The average molecular weight is 282 g/mol. The van der Waals surface area contributed by atoms with Crippen molar-refractivity contribution < 1.29 is 18.8 Å². The predicted molar refractivity (Wildman–Crippen MR) is 76.4 cm³/mol. The maximum atomic E-state index is 11.9. The topological polar surface area (TPSA) is 72.4 Å². The zero-order valence-corrected chi connectivity index (χ0v) is 12.6. The predicted octanol–water partition coefficient (Wildman–Crippen LogP) is 2.78. The summed E-state index contributed by atoms with van der Waals surface area (Å²) >= 11 is 0. The largest absolute Gasteiger partial charge is 0.633 e. The molecule has 0 bridgehead atoms. The second-order valence-corrected chi connectivity index (χ2v) is 5.47. The molecule has 0 saturated heterocycles. The zero-order chi connectivity index (χ0) is 15.6. The van der Waals surface area contributed by atoms with E-state index in [1.807, 2.05) is 0 Å². The highest BCUT2D eigenvalue weighted by atomic mass is 16.7. The maximum absolute atomic E-state index is 11.9. The highest BCUT2D eigenvalue weighted by molar-refractivity contribution is 5.63. The van der Waals surface area contributed by atoms with Gasteiger partial charge in [-0.15, -0.1) is 0 Å².